The van der Waals surface area contributed by atoms with Gasteiger partial charge in [-0.25, -0.2) is 0 Å². The molecule has 2 atom stereocenters. The number of likely N-dealkylation sites (N-methyl/N-ethyl adjacent to an activating group) is 2. The molecule has 1 N–H and O–H groups in total. The molecule has 0 aromatic carbocycles. The Bertz CT molecular complexity index is 194. The van der Waals surface area contributed by atoms with Gasteiger partial charge < -0.3 is 10.2 Å². The van der Waals surface area contributed by atoms with E-state index in [9.17, 15) is 4.79 Å². The summed E-state index contributed by atoms with van der Waals surface area (Å²) in [4.78, 5) is 13.5. The SMILES string of the molecule is CNCC(=O)N(C)C1CCCC(C)C1. The quantitative estimate of drug-likeness (QED) is 0.740. The Labute approximate surface area is 86.9 Å². The van der Waals surface area contributed by atoms with Gasteiger partial charge in [-0.15, -0.1) is 0 Å². The average molecular weight is 198 g/mol. The first-order valence-electron chi connectivity index (χ1n) is 5.55. The third-order valence-corrected chi connectivity index (χ3v) is 3.18. The Balaban J connectivity index is 2.42. The van der Waals surface area contributed by atoms with Crippen molar-refractivity contribution in [3.05, 3.63) is 0 Å². The molecule has 3 nitrogen and oxygen atoms in total. The highest BCUT2D eigenvalue weighted by atomic mass is 16.2. The van der Waals surface area contributed by atoms with Gasteiger partial charge in [0, 0.05) is 13.1 Å². The van der Waals surface area contributed by atoms with E-state index in [-0.39, 0.29) is 5.91 Å². The third kappa shape index (κ3) is 2.98. The van der Waals surface area contributed by atoms with E-state index in [2.05, 4.69) is 12.2 Å². The standard InChI is InChI=1S/C11H22N2O/c1-9-5-4-6-10(7-9)13(3)11(14)8-12-2/h9-10,12H,4-8H2,1-3H3. The maximum absolute atomic E-state index is 11.6. The molecule has 0 radical (unpaired) electrons. The van der Waals surface area contributed by atoms with E-state index >= 15 is 0 Å². The molecule has 0 heterocycles. The van der Waals surface area contributed by atoms with Gasteiger partial charge in [0.25, 0.3) is 0 Å². The monoisotopic (exact) mass is 198 g/mol. The van der Waals surface area contributed by atoms with Crippen molar-refractivity contribution >= 4 is 5.91 Å². The molecule has 0 bridgehead atoms. The van der Waals surface area contributed by atoms with Crippen LogP contribution in [-0.2, 0) is 4.79 Å². The second kappa shape index (κ2) is 5.35. The van der Waals surface area contributed by atoms with Crippen LogP contribution in [0.15, 0.2) is 0 Å². The summed E-state index contributed by atoms with van der Waals surface area (Å²) in [5.74, 6) is 0.991. The summed E-state index contributed by atoms with van der Waals surface area (Å²) in [6, 6.07) is 0.472. The van der Waals surface area contributed by atoms with Crippen LogP contribution in [0, 0.1) is 5.92 Å². The van der Waals surface area contributed by atoms with Crippen molar-refractivity contribution < 1.29 is 4.79 Å². The van der Waals surface area contributed by atoms with Gasteiger partial charge in [0.1, 0.15) is 0 Å². The number of carbonyl (C=O) groups excluding carboxylic acids is 1. The van der Waals surface area contributed by atoms with Crippen LogP contribution in [0.5, 0.6) is 0 Å². The lowest BCUT2D eigenvalue weighted by Crippen LogP contribution is -2.43. The Hall–Kier alpha value is -0.570. The van der Waals surface area contributed by atoms with Crippen LogP contribution in [-0.4, -0.2) is 37.5 Å². The molecule has 0 spiro atoms. The number of nitrogens with one attached hydrogen (secondary N) is 1. The molecule has 0 aliphatic heterocycles. The molecule has 1 rings (SSSR count). The zero-order valence-electron chi connectivity index (χ0n) is 9.55. The van der Waals surface area contributed by atoms with Crippen molar-refractivity contribution in [3.63, 3.8) is 0 Å². The summed E-state index contributed by atoms with van der Waals surface area (Å²) in [6.07, 6.45) is 4.94. The second-order valence-corrected chi connectivity index (χ2v) is 4.46. The number of rotatable bonds is 3. The van der Waals surface area contributed by atoms with E-state index in [0.717, 1.165) is 5.92 Å². The van der Waals surface area contributed by atoms with E-state index in [4.69, 9.17) is 0 Å². The summed E-state index contributed by atoms with van der Waals surface area (Å²) in [6.45, 7) is 2.74. The van der Waals surface area contributed by atoms with E-state index in [1.807, 2.05) is 19.0 Å². The predicted molar refractivity (Wildman–Crippen MR) is 58.1 cm³/mol. The molecule has 3 heteroatoms. The van der Waals surface area contributed by atoms with Gasteiger partial charge in [0.2, 0.25) is 5.91 Å². The van der Waals surface area contributed by atoms with Gasteiger partial charge >= 0.3 is 0 Å². The van der Waals surface area contributed by atoms with Crippen molar-refractivity contribution in [1.82, 2.24) is 10.2 Å². The maximum Gasteiger partial charge on any atom is 0.236 e. The van der Waals surface area contributed by atoms with Crippen LogP contribution in [0.1, 0.15) is 32.6 Å². The van der Waals surface area contributed by atoms with Gasteiger partial charge in [-0.2, -0.15) is 0 Å². The molecular formula is C11H22N2O. The largest absolute Gasteiger partial charge is 0.342 e. The summed E-state index contributed by atoms with van der Waals surface area (Å²) >= 11 is 0. The van der Waals surface area contributed by atoms with Gasteiger partial charge in [0.15, 0.2) is 0 Å². The molecule has 1 fully saturated rings. The molecule has 14 heavy (non-hydrogen) atoms. The van der Waals surface area contributed by atoms with E-state index in [1.54, 1.807) is 0 Å². The topological polar surface area (TPSA) is 32.3 Å². The average Bonchev–Trinajstić information content (AvgIpc) is 2.17. The van der Waals surface area contributed by atoms with Crippen molar-refractivity contribution in [2.45, 2.75) is 38.6 Å². The molecule has 1 aliphatic carbocycles. The van der Waals surface area contributed by atoms with Crippen LogP contribution in [0.4, 0.5) is 0 Å². The Morgan fingerprint density at radius 2 is 2.21 bits per heavy atom. The minimum Gasteiger partial charge on any atom is -0.342 e. The number of carbonyl (C=O) groups is 1. The number of hydrogen-bond acceptors (Lipinski definition) is 2. The van der Waals surface area contributed by atoms with Gasteiger partial charge in [-0.05, 0) is 25.8 Å². The number of nitrogens with zero attached hydrogens (tertiary/aromatic N) is 1. The summed E-state index contributed by atoms with van der Waals surface area (Å²) in [5, 5.41) is 2.91. The minimum absolute atomic E-state index is 0.214. The number of amides is 1. The fourth-order valence-electron chi connectivity index (χ4n) is 2.23. The van der Waals surface area contributed by atoms with Crippen molar-refractivity contribution in [2.24, 2.45) is 5.92 Å². The van der Waals surface area contributed by atoms with Crippen LogP contribution in [0.25, 0.3) is 0 Å². The zero-order chi connectivity index (χ0) is 10.6. The van der Waals surface area contributed by atoms with Crippen LogP contribution in [0.3, 0.4) is 0 Å². The number of hydrogen-bond donors (Lipinski definition) is 1. The maximum atomic E-state index is 11.6. The summed E-state index contributed by atoms with van der Waals surface area (Å²) in [5.41, 5.74) is 0. The minimum atomic E-state index is 0.214. The van der Waals surface area contributed by atoms with Gasteiger partial charge in [-0.3, -0.25) is 4.79 Å². The Kier molecular flexibility index (Phi) is 4.39. The van der Waals surface area contributed by atoms with Crippen molar-refractivity contribution in [3.8, 4) is 0 Å². The first kappa shape index (κ1) is 11.5. The van der Waals surface area contributed by atoms with Crippen molar-refractivity contribution in [2.75, 3.05) is 20.6 Å². The second-order valence-electron chi connectivity index (χ2n) is 4.46. The molecule has 82 valence electrons. The first-order chi connectivity index (χ1) is 6.65. The summed E-state index contributed by atoms with van der Waals surface area (Å²) < 4.78 is 0. The fraction of sp³-hybridized carbons (Fsp3) is 0.909. The smallest absolute Gasteiger partial charge is 0.236 e. The first-order valence-corrected chi connectivity index (χ1v) is 5.55. The third-order valence-electron chi connectivity index (χ3n) is 3.18. The van der Waals surface area contributed by atoms with Crippen LogP contribution >= 0.6 is 0 Å². The van der Waals surface area contributed by atoms with E-state index in [1.165, 1.54) is 25.7 Å². The molecule has 0 aromatic rings. The molecule has 1 aliphatic rings. The van der Waals surface area contributed by atoms with Crippen LogP contribution < -0.4 is 5.32 Å². The Morgan fingerprint density at radius 1 is 1.50 bits per heavy atom. The molecule has 0 aromatic heterocycles. The molecule has 1 amide bonds. The van der Waals surface area contributed by atoms with Gasteiger partial charge in [-0.1, -0.05) is 19.8 Å². The lowest BCUT2D eigenvalue weighted by Gasteiger charge is -2.34. The van der Waals surface area contributed by atoms with Crippen LogP contribution in [0.2, 0.25) is 0 Å². The molecule has 1 saturated carbocycles. The van der Waals surface area contributed by atoms with Gasteiger partial charge in [0.05, 0.1) is 6.54 Å². The van der Waals surface area contributed by atoms with E-state index in [0.29, 0.717) is 12.6 Å². The lowest BCUT2D eigenvalue weighted by atomic mass is 9.86. The molecule has 0 saturated heterocycles. The molecule has 2 unspecified atom stereocenters. The highest BCUT2D eigenvalue weighted by Crippen LogP contribution is 2.26. The van der Waals surface area contributed by atoms with E-state index < -0.39 is 0 Å². The fourth-order valence-corrected chi connectivity index (χ4v) is 2.23. The predicted octanol–water partition coefficient (Wildman–Crippen LogP) is 1.24. The van der Waals surface area contributed by atoms with Crippen molar-refractivity contribution in [1.29, 1.82) is 0 Å². The highest BCUT2D eigenvalue weighted by molar-refractivity contribution is 5.78. The normalized spacial score (nSPS) is 27.4. The molecular weight excluding hydrogens is 176 g/mol. The lowest BCUT2D eigenvalue weighted by molar-refractivity contribution is -0.131. The zero-order valence-corrected chi connectivity index (χ0v) is 9.55. The Morgan fingerprint density at radius 3 is 2.79 bits per heavy atom. The highest BCUT2D eigenvalue weighted by Gasteiger charge is 2.24. The summed E-state index contributed by atoms with van der Waals surface area (Å²) in [7, 11) is 3.75.